The van der Waals surface area contributed by atoms with E-state index >= 15 is 0 Å². The fraction of sp³-hybridized carbons (Fsp3) is 0.500. The number of ether oxygens (including phenoxy) is 2. The molecule has 31 heavy (non-hydrogen) atoms. The van der Waals surface area contributed by atoms with Crippen molar-refractivity contribution >= 4 is 29.0 Å². The number of benzene rings is 1. The molecule has 168 valence electrons. The minimum atomic E-state index is -1.08. The predicted octanol–water partition coefficient (Wildman–Crippen LogP) is 3.52. The first kappa shape index (κ1) is 22.4. The molecule has 0 saturated carbocycles. The number of fused-ring (bicyclic) bond motifs is 1. The van der Waals surface area contributed by atoms with Crippen molar-refractivity contribution in [2.24, 2.45) is 5.73 Å². The second kappa shape index (κ2) is 8.48. The molecule has 3 amide bonds. The molecule has 0 atom stereocenters. The van der Waals surface area contributed by atoms with Gasteiger partial charge in [-0.25, -0.2) is 28.3 Å². The average molecular weight is 437 g/mol. The number of halogens is 2. The SMILES string of the molecule is COc1nc2c(C3CCN(C(=O)OC(C)(C)C)CC3)c(F)c(F)cc2nc1NC(N)=O. The summed E-state index contributed by atoms with van der Waals surface area (Å²) in [5.74, 6) is -2.67. The van der Waals surface area contributed by atoms with Gasteiger partial charge in [-0.2, -0.15) is 0 Å². The van der Waals surface area contributed by atoms with Crippen LogP contribution in [0.1, 0.15) is 45.1 Å². The summed E-state index contributed by atoms with van der Waals surface area (Å²) < 4.78 is 39.7. The quantitative estimate of drug-likeness (QED) is 0.758. The monoisotopic (exact) mass is 437 g/mol. The second-order valence-electron chi connectivity index (χ2n) is 8.27. The maximum atomic E-state index is 14.9. The molecule has 0 aliphatic carbocycles. The van der Waals surface area contributed by atoms with Crippen LogP contribution < -0.4 is 15.8 Å². The largest absolute Gasteiger partial charge is 0.478 e. The number of methoxy groups -OCH3 is 1. The van der Waals surface area contributed by atoms with Gasteiger partial charge in [0.2, 0.25) is 0 Å². The lowest BCUT2D eigenvalue weighted by Gasteiger charge is -2.34. The predicted molar refractivity (Wildman–Crippen MR) is 109 cm³/mol. The Balaban J connectivity index is 1.94. The maximum absolute atomic E-state index is 14.9. The molecular weight excluding hydrogens is 412 g/mol. The van der Waals surface area contributed by atoms with E-state index in [1.807, 2.05) is 0 Å². The van der Waals surface area contributed by atoms with E-state index in [0.717, 1.165) is 6.07 Å². The van der Waals surface area contributed by atoms with E-state index in [0.29, 0.717) is 25.9 Å². The normalized spacial score (nSPS) is 15.1. The summed E-state index contributed by atoms with van der Waals surface area (Å²) in [6.07, 6.45) is 0.333. The number of nitrogens with zero attached hydrogens (tertiary/aromatic N) is 3. The van der Waals surface area contributed by atoms with E-state index in [2.05, 4.69) is 15.3 Å². The van der Waals surface area contributed by atoms with Gasteiger partial charge in [0.15, 0.2) is 17.5 Å². The highest BCUT2D eigenvalue weighted by Gasteiger charge is 2.31. The van der Waals surface area contributed by atoms with Crippen LogP contribution in [0.5, 0.6) is 5.88 Å². The van der Waals surface area contributed by atoms with Crippen molar-refractivity contribution in [3.8, 4) is 5.88 Å². The van der Waals surface area contributed by atoms with Crippen LogP contribution in [0.2, 0.25) is 0 Å². The van der Waals surface area contributed by atoms with E-state index in [1.54, 1.807) is 25.7 Å². The number of hydrogen-bond acceptors (Lipinski definition) is 6. The minimum absolute atomic E-state index is 0.0491. The number of piperidine rings is 1. The minimum Gasteiger partial charge on any atom is -0.478 e. The standard InChI is InChI=1S/C20H25F2N5O4/c1-20(2,3)31-19(29)27-7-5-10(6-8-27)13-14(22)11(21)9-12-15(13)25-17(30-4)16(24-12)26-18(23)28/h9-10H,5-8H2,1-4H3,(H3,23,24,26,28). The van der Waals surface area contributed by atoms with Crippen LogP contribution in [0.3, 0.4) is 0 Å². The molecule has 1 fully saturated rings. The van der Waals surface area contributed by atoms with E-state index in [4.69, 9.17) is 15.2 Å². The van der Waals surface area contributed by atoms with E-state index < -0.39 is 35.3 Å². The van der Waals surface area contributed by atoms with Crippen molar-refractivity contribution in [2.75, 3.05) is 25.5 Å². The van der Waals surface area contributed by atoms with Crippen LogP contribution >= 0.6 is 0 Å². The van der Waals surface area contributed by atoms with Gasteiger partial charge in [0.1, 0.15) is 5.60 Å². The summed E-state index contributed by atoms with van der Waals surface area (Å²) in [6, 6.07) is 0.00654. The molecule has 1 aliphatic rings. The average Bonchev–Trinajstić information content (AvgIpc) is 2.67. The number of anilines is 1. The zero-order chi connectivity index (χ0) is 22.9. The number of urea groups is 1. The van der Waals surface area contributed by atoms with Crippen LogP contribution in [-0.2, 0) is 4.74 Å². The van der Waals surface area contributed by atoms with Crippen molar-refractivity contribution in [3.05, 3.63) is 23.3 Å². The molecule has 2 aromatic rings. The number of nitrogens with two attached hydrogens (primary N) is 1. The van der Waals surface area contributed by atoms with E-state index in [-0.39, 0.29) is 28.3 Å². The molecule has 0 radical (unpaired) electrons. The third-order valence-electron chi connectivity index (χ3n) is 4.85. The summed E-state index contributed by atoms with van der Waals surface area (Å²) in [5, 5.41) is 2.25. The number of hydrogen-bond donors (Lipinski definition) is 2. The summed E-state index contributed by atoms with van der Waals surface area (Å²) in [6.45, 7) is 5.98. The van der Waals surface area contributed by atoms with Crippen molar-refractivity contribution in [1.82, 2.24) is 14.9 Å². The molecule has 1 aromatic carbocycles. The molecule has 1 aromatic heterocycles. The van der Waals surface area contributed by atoms with Crippen molar-refractivity contribution in [1.29, 1.82) is 0 Å². The van der Waals surface area contributed by atoms with Crippen LogP contribution in [0, 0.1) is 11.6 Å². The number of carbonyl (C=O) groups is 2. The van der Waals surface area contributed by atoms with E-state index in [1.165, 1.54) is 7.11 Å². The lowest BCUT2D eigenvalue weighted by molar-refractivity contribution is 0.0204. The molecule has 1 saturated heterocycles. The van der Waals surface area contributed by atoms with Gasteiger partial charge >= 0.3 is 12.1 Å². The Kier molecular flexibility index (Phi) is 6.14. The summed E-state index contributed by atoms with van der Waals surface area (Å²) in [5.41, 5.74) is 4.74. The number of nitrogens with one attached hydrogen (secondary N) is 1. The first-order chi connectivity index (χ1) is 14.5. The molecular formula is C20H25F2N5O4. The highest BCUT2D eigenvalue weighted by atomic mass is 19.2. The lowest BCUT2D eigenvalue weighted by Crippen LogP contribution is -2.41. The smallest absolute Gasteiger partial charge is 0.410 e. The number of amides is 3. The Morgan fingerprint density at radius 2 is 1.87 bits per heavy atom. The van der Waals surface area contributed by atoms with Gasteiger partial charge in [0.25, 0.3) is 5.88 Å². The first-order valence-corrected chi connectivity index (χ1v) is 9.78. The van der Waals surface area contributed by atoms with Gasteiger partial charge in [-0.3, -0.25) is 5.32 Å². The molecule has 9 nitrogen and oxygen atoms in total. The maximum Gasteiger partial charge on any atom is 0.410 e. The fourth-order valence-electron chi connectivity index (χ4n) is 3.54. The van der Waals surface area contributed by atoms with Gasteiger partial charge in [0.05, 0.1) is 18.1 Å². The fourth-order valence-corrected chi connectivity index (χ4v) is 3.54. The number of likely N-dealkylation sites (tertiary alicyclic amines) is 1. The molecule has 3 N–H and O–H groups in total. The molecule has 0 unspecified atom stereocenters. The molecule has 0 spiro atoms. The Bertz CT molecular complexity index is 1020. The van der Waals surface area contributed by atoms with Crippen molar-refractivity contribution in [2.45, 2.75) is 45.1 Å². The van der Waals surface area contributed by atoms with Gasteiger partial charge in [-0.05, 0) is 39.5 Å². The second-order valence-corrected chi connectivity index (χ2v) is 8.27. The number of rotatable bonds is 3. The Morgan fingerprint density at radius 3 is 2.42 bits per heavy atom. The van der Waals surface area contributed by atoms with Gasteiger partial charge in [-0.15, -0.1) is 0 Å². The van der Waals surface area contributed by atoms with Crippen molar-refractivity contribution in [3.63, 3.8) is 0 Å². The lowest BCUT2D eigenvalue weighted by atomic mass is 9.88. The van der Waals surface area contributed by atoms with Gasteiger partial charge < -0.3 is 20.1 Å². The third kappa shape index (κ3) is 4.92. The molecule has 3 rings (SSSR count). The van der Waals surface area contributed by atoms with Crippen LogP contribution in [0.25, 0.3) is 11.0 Å². The summed E-state index contributed by atoms with van der Waals surface area (Å²) in [7, 11) is 1.31. The van der Waals surface area contributed by atoms with Gasteiger partial charge in [-0.1, -0.05) is 0 Å². The zero-order valence-corrected chi connectivity index (χ0v) is 17.8. The number of primary amides is 1. The van der Waals surface area contributed by atoms with Crippen LogP contribution in [0.4, 0.5) is 24.2 Å². The Morgan fingerprint density at radius 1 is 1.23 bits per heavy atom. The Labute approximate surface area is 177 Å². The molecule has 1 aliphatic heterocycles. The summed E-state index contributed by atoms with van der Waals surface area (Å²) in [4.78, 5) is 33.4. The number of carbonyl (C=O) groups excluding carboxylic acids is 2. The summed E-state index contributed by atoms with van der Waals surface area (Å²) >= 11 is 0. The molecule has 11 heteroatoms. The Hall–Kier alpha value is -3.24. The molecule has 0 bridgehead atoms. The third-order valence-corrected chi connectivity index (χ3v) is 4.85. The number of aromatic nitrogens is 2. The highest BCUT2D eigenvalue weighted by Crippen LogP contribution is 2.37. The molecule has 2 heterocycles. The zero-order valence-electron chi connectivity index (χ0n) is 17.8. The van der Waals surface area contributed by atoms with Gasteiger partial charge in [0, 0.05) is 24.7 Å². The topological polar surface area (TPSA) is 120 Å². The highest BCUT2D eigenvalue weighted by molar-refractivity contribution is 5.90. The first-order valence-electron chi connectivity index (χ1n) is 9.78. The van der Waals surface area contributed by atoms with Crippen LogP contribution in [0.15, 0.2) is 6.07 Å². The van der Waals surface area contributed by atoms with Crippen molar-refractivity contribution < 1.29 is 27.8 Å². The van der Waals surface area contributed by atoms with E-state index in [9.17, 15) is 18.4 Å². The van der Waals surface area contributed by atoms with Crippen LogP contribution in [-0.4, -0.2) is 52.8 Å².